The van der Waals surface area contributed by atoms with Crippen molar-refractivity contribution in [3.63, 3.8) is 0 Å². The van der Waals surface area contributed by atoms with Crippen LogP contribution >= 0.6 is 0 Å². The van der Waals surface area contributed by atoms with Gasteiger partial charge in [0.15, 0.2) is 0 Å². The van der Waals surface area contributed by atoms with Crippen molar-refractivity contribution >= 4 is 22.1 Å². The Balaban J connectivity index is 2.20. The van der Waals surface area contributed by atoms with Gasteiger partial charge in [0.1, 0.15) is 11.3 Å². The largest absolute Gasteiger partial charge is 0.492 e. The zero-order chi connectivity index (χ0) is 13.9. The van der Waals surface area contributed by atoms with Crippen LogP contribution in [0.2, 0.25) is 0 Å². The summed E-state index contributed by atoms with van der Waals surface area (Å²) >= 11 is 0. The van der Waals surface area contributed by atoms with Crippen molar-refractivity contribution in [3.05, 3.63) is 42.0 Å². The molecule has 0 radical (unpaired) electrons. The highest BCUT2D eigenvalue weighted by atomic mass is 16.5. The fourth-order valence-electron chi connectivity index (χ4n) is 2.43. The van der Waals surface area contributed by atoms with Gasteiger partial charge in [-0.25, -0.2) is 9.97 Å². The minimum atomic E-state index is 0.633. The highest BCUT2D eigenvalue weighted by Crippen LogP contribution is 2.25. The van der Waals surface area contributed by atoms with E-state index in [1.807, 2.05) is 25.1 Å². The number of benzene rings is 2. The molecule has 0 aliphatic carbocycles. The summed E-state index contributed by atoms with van der Waals surface area (Å²) in [6.07, 6.45) is 2.22. The molecule has 0 N–H and O–H groups in total. The Bertz CT molecular complexity index is 752. The molecule has 0 saturated heterocycles. The molecule has 0 bridgehead atoms. The molecule has 3 nitrogen and oxygen atoms in total. The van der Waals surface area contributed by atoms with Gasteiger partial charge in [-0.15, -0.1) is 0 Å². The first-order valence-corrected chi connectivity index (χ1v) is 7.14. The van der Waals surface area contributed by atoms with Crippen molar-refractivity contribution in [1.29, 1.82) is 0 Å². The summed E-state index contributed by atoms with van der Waals surface area (Å²) < 4.78 is 5.63. The van der Waals surface area contributed by atoms with Crippen LogP contribution in [-0.2, 0) is 6.42 Å². The lowest BCUT2D eigenvalue weighted by Gasteiger charge is -2.08. The van der Waals surface area contributed by atoms with Gasteiger partial charge in [0.05, 0.1) is 23.2 Å². The molecule has 0 aliphatic heterocycles. The highest BCUT2D eigenvalue weighted by molar-refractivity contribution is 5.89. The molecular formula is C17H18N2O. The topological polar surface area (TPSA) is 35.0 Å². The molecule has 3 heteroatoms. The van der Waals surface area contributed by atoms with E-state index in [9.17, 15) is 0 Å². The van der Waals surface area contributed by atoms with Gasteiger partial charge in [-0.3, -0.25) is 0 Å². The lowest BCUT2D eigenvalue weighted by atomic mass is 10.1. The van der Waals surface area contributed by atoms with Crippen LogP contribution in [-0.4, -0.2) is 16.6 Å². The number of para-hydroxylation sites is 1. The van der Waals surface area contributed by atoms with Gasteiger partial charge in [-0.05, 0) is 43.2 Å². The summed E-state index contributed by atoms with van der Waals surface area (Å²) in [6, 6.07) is 12.2. The van der Waals surface area contributed by atoms with E-state index in [2.05, 4.69) is 25.1 Å². The maximum atomic E-state index is 5.63. The molecule has 3 rings (SSSR count). The van der Waals surface area contributed by atoms with Gasteiger partial charge < -0.3 is 4.74 Å². The maximum absolute atomic E-state index is 5.63. The average Bonchev–Trinajstić information content (AvgIpc) is 2.46. The second kappa shape index (κ2) is 5.45. The first kappa shape index (κ1) is 12.9. The highest BCUT2D eigenvalue weighted by Gasteiger charge is 2.07. The number of aryl methyl sites for hydroxylation is 1. The Morgan fingerprint density at radius 3 is 2.65 bits per heavy atom. The fourth-order valence-corrected chi connectivity index (χ4v) is 2.43. The molecule has 0 saturated carbocycles. The van der Waals surface area contributed by atoms with Crippen molar-refractivity contribution < 1.29 is 4.74 Å². The van der Waals surface area contributed by atoms with Crippen molar-refractivity contribution in [1.82, 2.24) is 9.97 Å². The minimum Gasteiger partial charge on any atom is -0.492 e. The lowest BCUT2D eigenvalue weighted by Crippen LogP contribution is -1.96. The molecule has 3 aromatic rings. The number of ether oxygens (including phenoxy) is 1. The summed E-state index contributed by atoms with van der Waals surface area (Å²) in [6.45, 7) is 4.79. The monoisotopic (exact) mass is 266 g/mol. The smallest absolute Gasteiger partial charge is 0.147 e. The van der Waals surface area contributed by atoms with Crippen LogP contribution in [0, 0.1) is 0 Å². The molecular weight excluding hydrogens is 248 g/mol. The van der Waals surface area contributed by atoms with Crippen LogP contribution in [0.15, 0.2) is 36.4 Å². The van der Waals surface area contributed by atoms with Crippen LogP contribution in [0.3, 0.4) is 0 Å². The van der Waals surface area contributed by atoms with Crippen LogP contribution in [0.4, 0.5) is 0 Å². The summed E-state index contributed by atoms with van der Waals surface area (Å²) in [5.74, 6) is 0.803. The van der Waals surface area contributed by atoms with Gasteiger partial charge in [0.2, 0.25) is 0 Å². The Labute approximate surface area is 118 Å². The molecule has 0 aliphatic rings. The summed E-state index contributed by atoms with van der Waals surface area (Å²) in [7, 11) is 0. The molecule has 0 atom stereocenters. The molecule has 0 amide bonds. The number of aromatic nitrogens is 2. The van der Waals surface area contributed by atoms with E-state index in [1.54, 1.807) is 0 Å². The fraction of sp³-hybridized carbons (Fsp3) is 0.294. The second-order valence-electron chi connectivity index (χ2n) is 4.85. The third-order valence-electron chi connectivity index (χ3n) is 3.33. The third-order valence-corrected chi connectivity index (χ3v) is 3.33. The molecule has 20 heavy (non-hydrogen) atoms. The zero-order valence-electron chi connectivity index (χ0n) is 11.9. The summed E-state index contributed by atoms with van der Waals surface area (Å²) in [5.41, 5.74) is 4.92. The van der Waals surface area contributed by atoms with Gasteiger partial charge in [0, 0.05) is 0 Å². The van der Waals surface area contributed by atoms with Gasteiger partial charge in [-0.1, -0.05) is 25.5 Å². The van der Waals surface area contributed by atoms with Gasteiger partial charge >= 0.3 is 0 Å². The van der Waals surface area contributed by atoms with E-state index < -0.39 is 0 Å². The third kappa shape index (κ3) is 2.31. The Morgan fingerprint density at radius 2 is 1.85 bits per heavy atom. The second-order valence-corrected chi connectivity index (χ2v) is 4.85. The SMILES string of the molecule is CCCc1ccc2nc3c(OCC)cccc3nc2c1. The van der Waals surface area contributed by atoms with E-state index in [0.29, 0.717) is 6.61 Å². The standard InChI is InChI=1S/C17H18N2O/c1-3-6-12-9-10-13-15(11-12)18-14-7-5-8-16(20-4-2)17(14)19-13/h5,7-11H,3-4,6H2,1-2H3. The number of rotatable bonds is 4. The molecule has 0 spiro atoms. The number of hydrogen-bond acceptors (Lipinski definition) is 3. The Hall–Kier alpha value is -2.16. The van der Waals surface area contributed by atoms with E-state index in [-0.39, 0.29) is 0 Å². The van der Waals surface area contributed by atoms with Crippen LogP contribution in [0.5, 0.6) is 5.75 Å². The van der Waals surface area contributed by atoms with Crippen LogP contribution < -0.4 is 4.74 Å². The zero-order valence-corrected chi connectivity index (χ0v) is 11.9. The van der Waals surface area contributed by atoms with Crippen molar-refractivity contribution in [2.24, 2.45) is 0 Å². The van der Waals surface area contributed by atoms with Crippen LogP contribution in [0.1, 0.15) is 25.8 Å². The normalized spacial score (nSPS) is 11.1. The minimum absolute atomic E-state index is 0.633. The first-order chi connectivity index (χ1) is 9.81. The molecule has 0 fully saturated rings. The Morgan fingerprint density at radius 1 is 0.950 bits per heavy atom. The van der Waals surface area contributed by atoms with E-state index >= 15 is 0 Å². The predicted molar refractivity (Wildman–Crippen MR) is 82.2 cm³/mol. The number of fused-ring (bicyclic) bond motifs is 2. The predicted octanol–water partition coefficient (Wildman–Crippen LogP) is 4.13. The van der Waals surface area contributed by atoms with Crippen molar-refractivity contribution in [3.8, 4) is 5.75 Å². The van der Waals surface area contributed by atoms with Gasteiger partial charge in [0.25, 0.3) is 0 Å². The lowest BCUT2D eigenvalue weighted by molar-refractivity contribution is 0.343. The Kier molecular flexibility index (Phi) is 3.50. The average molecular weight is 266 g/mol. The maximum Gasteiger partial charge on any atom is 0.147 e. The van der Waals surface area contributed by atoms with E-state index in [4.69, 9.17) is 14.7 Å². The summed E-state index contributed by atoms with van der Waals surface area (Å²) in [5, 5.41) is 0. The number of nitrogens with zero attached hydrogens (tertiary/aromatic N) is 2. The van der Waals surface area contributed by atoms with Crippen molar-refractivity contribution in [2.45, 2.75) is 26.7 Å². The molecule has 1 heterocycles. The summed E-state index contributed by atoms with van der Waals surface area (Å²) in [4.78, 5) is 9.43. The molecule has 1 aromatic heterocycles. The quantitative estimate of drug-likeness (QED) is 0.666. The first-order valence-electron chi connectivity index (χ1n) is 7.14. The molecule has 2 aromatic carbocycles. The number of hydrogen-bond donors (Lipinski definition) is 0. The molecule has 0 unspecified atom stereocenters. The van der Waals surface area contributed by atoms with E-state index in [0.717, 1.165) is 40.7 Å². The van der Waals surface area contributed by atoms with Crippen molar-refractivity contribution in [2.75, 3.05) is 6.61 Å². The molecule has 102 valence electrons. The van der Waals surface area contributed by atoms with E-state index in [1.165, 1.54) is 5.56 Å². The van der Waals surface area contributed by atoms with Gasteiger partial charge in [-0.2, -0.15) is 0 Å². The van der Waals surface area contributed by atoms with Crippen LogP contribution in [0.25, 0.3) is 22.1 Å².